The van der Waals surface area contributed by atoms with E-state index in [4.69, 9.17) is 0 Å². The first kappa shape index (κ1) is 20.0. The summed E-state index contributed by atoms with van der Waals surface area (Å²) in [4.78, 5) is 20.6. The molecule has 154 valence electrons. The first-order valence-corrected chi connectivity index (χ1v) is 10.4. The highest BCUT2D eigenvalue weighted by molar-refractivity contribution is 6.03. The van der Waals surface area contributed by atoms with Crippen molar-refractivity contribution in [3.63, 3.8) is 0 Å². The number of hydrogen-bond acceptors (Lipinski definition) is 5. The average molecular weight is 403 g/mol. The molecule has 2 aliphatic heterocycles. The van der Waals surface area contributed by atoms with Crippen molar-refractivity contribution in [1.82, 2.24) is 0 Å². The number of benzene rings is 2. The minimum absolute atomic E-state index is 0.0849. The summed E-state index contributed by atoms with van der Waals surface area (Å²) in [7, 11) is 3.83. The number of rotatable bonds is 4. The Hall–Kier alpha value is -3.30. The number of nitrogens with zero attached hydrogens (tertiary/aromatic N) is 4. The van der Waals surface area contributed by atoms with E-state index in [2.05, 4.69) is 42.2 Å². The minimum atomic E-state index is -0.0849. The molecule has 1 N–H and O–H groups in total. The molecule has 0 saturated carbocycles. The van der Waals surface area contributed by atoms with Crippen LogP contribution in [0.1, 0.15) is 5.56 Å². The number of para-hydroxylation sites is 3. The molecule has 2 aliphatic rings. The van der Waals surface area contributed by atoms with Gasteiger partial charge in [0.2, 0.25) is 5.78 Å². The molecule has 2 aromatic carbocycles. The molecule has 0 unspecified atom stereocenters. The third-order valence-electron chi connectivity index (χ3n) is 6.19. The molecule has 6 nitrogen and oxygen atoms in total. The fourth-order valence-corrected chi connectivity index (χ4v) is 4.53. The number of quaternary nitrogens is 1. The van der Waals surface area contributed by atoms with Gasteiger partial charge in [-0.3, -0.25) is 4.79 Å². The molecular weight excluding hydrogens is 374 g/mol. The van der Waals surface area contributed by atoms with Crippen LogP contribution in [-0.2, 0) is 4.79 Å². The first-order chi connectivity index (χ1) is 14.5. The van der Waals surface area contributed by atoms with E-state index in [0.717, 1.165) is 37.6 Å². The summed E-state index contributed by atoms with van der Waals surface area (Å²) in [6.45, 7) is 6.09. The van der Waals surface area contributed by atoms with Crippen LogP contribution >= 0.6 is 0 Å². The van der Waals surface area contributed by atoms with Gasteiger partial charge in [0, 0.05) is 19.8 Å². The van der Waals surface area contributed by atoms with Crippen LogP contribution in [0, 0.1) is 18.3 Å². The van der Waals surface area contributed by atoms with Crippen molar-refractivity contribution in [1.29, 1.82) is 5.26 Å². The van der Waals surface area contributed by atoms with E-state index in [1.807, 2.05) is 48.2 Å². The number of hydrogen-bond donors (Lipinski definition) is 1. The lowest BCUT2D eigenvalue weighted by Gasteiger charge is -2.34. The molecule has 0 aromatic heterocycles. The van der Waals surface area contributed by atoms with Crippen molar-refractivity contribution in [2.45, 2.75) is 6.92 Å². The Morgan fingerprint density at radius 3 is 2.03 bits per heavy atom. The number of ketones is 1. The lowest BCUT2D eigenvalue weighted by molar-refractivity contribution is -0.892. The maximum Gasteiger partial charge on any atom is 0.231 e. The van der Waals surface area contributed by atoms with Gasteiger partial charge in [-0.25, -0.2) is 0 Å². The Bertz CT molecular complexity index is 999. The molecule has 0 bridgehead atoms. The highest BCUT2D eigenvalue weighted by Gasteiger charge is 2.33. The van der Waals surface area contributed by atoms with Crippen LogP contribution in [0.2, 0.25) is 0 Å². The predicted molar refractivity (Wildman–Crippen MR) is 120 cm³/mol. The molecule has 0 spiro atoms. The Labute approximate surface area is 178 Å². The second-order valence-corrected chi connectivity index (χ2v) is 8.04. The number of carbonyl (C=O) groups excluding carboxylic acids is 1. The number of carbonyl (C=O) groups is 1. The standard InChI is InChI=1S/C24H27N5O/c1-18-8-4-5-9-20(18)29-14-12-28(13-15-29)17-23(30)19(16-25)24-26(2)21-10-6-7-11-22(21)27(24)3/h4-11H,12-15,17H2,1-3H3/p+1. The van der Waals surface area contributed by atoms with E-state index in [0.29, 0.717) is 12.4 Å². The van der Waals surface area contributed by atoms with Gasteiger partial charge in [-0.05, 0) is 30.7 Å². The summed E-state index contributed by atoms with van der Waals surface area (Å²) in [5.41, 5.74) is 4.81. The van der Waals surface area contributed by atoms with E-state index < -0.39 is 0 Å². The zero-order valence-corrected chi connectivity index (χ0v) is 17.9. The molecule has 0 atom stereocenters. The second-order valence-electron chi connectivity index (χ2n) is 8.04. The SMILES string of the molecule is Cc1ccccc1N1CC[NH+](CC(=O)C(C#N)=C2N(C)c3ccccc3N2C)CC1. The summed E-state index contributed by atoms with van der Waals surface area (Å²) in [6.07, 6.45) is 0. The average Bonchev–Trinajstić information content (AvgIpc) is 3.01. The number of Topliss-reactive ketones (excluding diaryl/α,β-unsaturated/α-hetero) is 1. The number of anilines is 3. The molecule has 0 amide bonds. The molecule has 0 aliphatic carbocycles. The van der Waals surface area contributed by atoms with Crippen molar-refractivity contribution >= 4 is 22.8 Å². The topological polar surface area (TPSA) is 55.0 Å². The van der Waals surface area contributed by atoms with E-state index in [-0.39, 0.29) is 11.4 Å². The maximum absolute atomic E-state index is 13.1. The van der Waals surface area contributed by atoms with Crippen molar-refractivity contribution in [3.05, 3.63) is 65.5 Å². The number of aryl methyl sites for hydroxylation is 1. The Kier molecular flexibility index (Phi) is 5.47. The van der Waals surface area contributed by atoms with Crippen molar-refractivity contribution in [2.75, 3.05) is 61.5 Å². The summed E-state index contributed by atoms with van der Waals surface area (Å²) >= 11 is 0. The highest BCUT2D eigenvalue weighted by Crippen LogP contribution is 2.40. The van der Waals surface area contributed by atoms with Crippen molar-refractivity contribution in [3.8, 4) is 6.07 Å². The van der Waals surface area contributed by atoms with E-state index >= 15 is 0 Å². The summed E-state index contributed by atoms with van der Waals surface area (Å²) in [6, 6.07) is 18.6. The van der Waals surface area contributed by atoms with Gasteiger partial charge in [0.15, 0.2) is 0 Å². The number of fused-ring (bicyclic) bond motifs is 1. The number of piperazine rings is 1. The van der Waals surface area contributed by atoms with Gasteiger partial charge in [0.1, 0.15) is 24.0 Å². The lowest BCUT2D eigenvalue weighted by Crippen LogP contribution is -3.15. The molecule has 2 aromatic rings. The third-order valence-corrected chi connectivity index (χ3v) is 6.19. The summed E-state index contributed by atoms with van der Waals surface area (Å²) in [5, 5.41) is 9.82. The first-order valence-electron chi connectivity index (χ1n) is 10.4. The summed E-state index contributed by atoms with van der Waals surface area (Å²) < 4.78 is 0. The molecule has 1 saturated heterocycles. The Morgan fingerprint density at radius 2 is 1.50 bits per heavy atom. The smallest absolute Gasteiger partial charge is 0.231 e. The molecule has 1 fully saturated rings. The van der Waals surface area contributed by atoms with Gasteiger partial charge >= 0.3 is 0 Å². The molecule has 0 radical (unpaired) electrons. The normalized spacial score (nSPS) is 16.5. The van der Waals surface area contributed by atoms with Crippen LogP contribution < -0.4 is 19.6 Å². The molecule has 6 heteroatoms. The largest absolute Gasteiger partial charge is 0.360 e. The van der Waals surface area contributed by atoms with Gasteiger partial charge in [0.25, 0.3) is 0 Å². The van der Waals surface area contributed by atoms with Gasteiger partial charge < -0.3 is 19.6 Å². The quantitative estimate of drug-likeness (QED) is 0.622. The van der Waals surface area contributed by atoms with Crippen LogP contribution in [0.5, 0.6) is 0 Å². The lowest BCUT2D eigenvalue weighted by atomic mass is 10.1. The van der Waals surface area contributed by atoms with Gasteiger partial charge in [-0.1, -0.05) is 30.3 Å². The van der Waals surface area contributed by atoms with E-state index in [9.17, 15) is 10.1 Å². The predicted octanol–water partition coefficient (Wildman–Crippen LogP) is 1.59. The summed E-state index contributed by atoms with van der Waals surface area (Å²) in [5.74, 6) is 0.583. The molecule has 30 heavy (non-hydrogen) atoms. The van der Waals surface area contributed by atoms with E-state index in [1.165, 1.54) is 16.2 Å². The van der Waals surface area contributed by atoms with Crippen LogP contribution in [-0.4, -0.2) is 52.6 Å². The minimum Gasteiger partial charge on any atom is -0.360 e. The highest BCUT2D eigenvalue weighted by atomic mass is 16.1. The second kappa shape index (κ2) is 8.21. The van der Waals surface area contributed by atoms with Crippen molar-refractivity contribution in [2.24, 2.45) is 0 Å². The van der Waals surface area contributed by atoms with Crippen LogP contribution in [0.4, 0.5) is 17.1 Å². The Morgan fingerprint density at radius 1 is 0.967 bits per heavy atom. The molecular formula is C24H28N5O+. The van der Waals surface area contributed by atoms with Crippen LogP contribution in [0.25, 0.3) is 0 Å². The van der Waals surface area contributed by atoms with Gasteiger partial charge in [0.05, 0.1) is 37.6 Å². The molecule has 2 heterocycles. The maximum atomic E-state index is 13.1. The fourth-order valence-electron chi connectivity index (χ4n) is 4.53. The number of nitriles is 1. The Balaban J connectivity index is 1.46. The van der Waals surface area contributed by atoms with Crippen LogP contribution in [0.15, 0.2) is 59.9 Å². The molecule has 4 rings (SSSR count). The zero-order valence-electron chi connectivity index (χ0n) is 17.9. The van der Waals surface area contributed by atoms with Crippen molar-refractivity contribution < 1.29 is 9.69 Å². The monoisotopic (exact) mass is 402 g/mol. The van der Waals surface area contributed by atoms with E-state index in [1.54, 1.807) is 0 Å². The van der Waals surface area contributed by atoms with Gasteiger partial charge in [-0.15, -0.1) is 0 Å². The zero-order chi connectivity index (χ0) is 21.3. The number of nitrogens with one attached hydrogen (secondary N) is 1. The van der Waals surface area contributed by atoms with Gasteiger partial charge in [-0.2, -0.15) is 5.26 Å². The fraction of sp³-hybridized carbons (Fsp3) is 0.333. The van der Waals surface area contributed by atoms with Crippen LogP contribution in [0.3, 0.4) is 0 Å². The third kappa shape index (κ3) is 3.53.